The van der Waals surface area contributed by atoms with Crippen molar-refractivity contribution < 1.29 is 4.79 Å². The number of amides is 2. The van der Waals surface area contributed by atoms with Gasteiger partial charge in [0.2, 0.25) is 0 Å². The fourth-order valence-electron chi connectivity index (χ4n) is 2.90. The number of thiophene rings is 1. The van der Waals surface area contributed by atoms with Gasteiger partial charge in [0.05, 0.1) is 0 Å². The molecule has 0 aromatic carbocycles. The number of carbonyl (C=O) groups excluding carboxylic acids is 1. The van der Waals surface area contributed by atoms with Crippen LogP contribution in [0.3, 0.4) is 0 Å². The molecular weight excluding hydrogens is 296 g/mol. The van der Waals surface area contributed by atoms with Crippen molar-refractivity contribution in [3.63, 3.8) is 0 Å². The first-order chi connectivity index (χ1) is 10.7. The molecule has 1 aliphatic rings. The molecule has 0 fully saturated rings. The smallest absolute Gasteiger partial charge is 0.314 e. The van der Waals surface area contributed by atoms with Crippen molar-refractivity contribution in [3.05, 3.63) is 40.5 Å². The molecule has 3 heterocycles. The number of rotatable bonds is 4. The Morgan fingerprint density at radius 1 is 1.36 bits per heavy atom. The Bertz CT molecular complexity index is 647. The maximum atomic E-state index is 11.5. The van der Waals surface area contributed by atoms with Crippen molar-refractivity contribution in [2.75, 3.05) is 20.1 Å². The molecule has 2 N–H and O–H groups in total. The van der Waals surface area contributed by atoms with E-state index in [1.165, 1.54) is 21.0 Å². The standard InChI is InChI=1S/C16H22N4OS/c1-3-19-9-6-12-13(10-18-16(21)17-2)15(22-14(12)11-19)20-7-4-5-8-20/h4-5,7-8H,3,6,9-11H2,1-2H3,(H2,17,18,21). The number of urea groups is 1. The molecule has 0 saturated heterocycles. The van der Waals surface area contributed by atoms with Crippen molar-refractivity contribution in [1.82, 2.24) is 20.1 Å². The second kappa shape index (κ2) is 6.54. The third-order valence-electron chi connectivity index (χ3n) is 4.16. The van der Waals surface area contributed by atoms with E-state index < -0.39 is 0 Å². The molecule has 22 heavy (non-hydrogen) atoms. The first kappa shape index (κ1) is 15.1. The van der Waals surface area contributed by atoms with Crippen LogP contribution in [0.15, 0.2) is 24.5 Å². The van der Waals surface area contributed by atoms with E-state index in [4.69, 9.17) is 0 Å². The quantitative estimate of drug-likeness (QED) is 0.909. The van der Waals surface area contributed by atoms with Crippen LogP contribution < -0.4 is 10.6 Å². The Morgan fingerprint density at radius 3 is 2.82 bits per heavy atom. The molecule has 2 aromatic rings. The maximum absolute atomic E-state index is 11.5. The van der Waals surface area contributed by atoms with Crippen LogP contribution in [0.4, 0.5) is 4.79 Å². The summed E-state index contributed by atoms with van der Waals surface area (Å²) in [6.07, 6.45) is 5.20. The monoisotopic (exact) mass is 318 g/mol. The SMILES string of the molecule is CCN1CCc2c(sc(-n3cccc3)c2CNC(=O)NC)C1. The van der Waals surface area contributed by atoms with E-state index in [0.29, 0.717) is 6.54 Å². The van der Waals surface area contributed by atoms with Crippen molar-refractivity contribution in [1.29, 1.82) is 0 Å². The predicted molar refractivity (Wildman–Crippen MR) is 89.6 cm³/mol. The van der Waals surface area contributed by atoms with E-state index in [1.807, 2.05) is 23.5 Å². The van der Waals surface area contributed by atoms with Gasteiger partial charge in [-0.3, -0.25) is 4.90 Å². The maximum Gasteiger partial charge on any atom is 0.314 e. The summed E-state index contributed by atoms with van der Waals surface area (Å²) < 4.78 is 2.15. The van der Waals surface area contributed by atoms with Crippen LogP contribution in [0.1, 0.15) is 22.9 Å². The third-order valence-corrected chi connectivity index (χ3v) is 5.44. The number of fused-ring (bicyclic) bond motifs is 1. The lowest BCUT2D eigenvalue weighted by atomic mass is 10.0. The summed E-state index contributed by atoms with van der Waals surface area (Å²) in [6.45, 7) is 5.98. The van der Waals surface area contributed by atoms with Crippen LogP contribution in [0, 0.1) is 0 Å². The van der Waals surface area contributed by atoms with Crippen molar-refractivity contribution in [3.8, 4) is 5.00 Å². The molecule has 0 atom stereocenters. The molecule has 0 aliphatic carbocycles. The Hall–Kier alpha value is -1.79. The Balaban J connectivity index is 1.94. The minimum Gasteiger partial charge on any atom is -0.341 e. The van der Waals surface area contributed by atoms with Gasteiger partial charge in [-0.25, -0.2) is 4.79 Å². The van der Waals surface area contributed by atoms with Crippen LogP contribution in [0.5, 0.6) is 0 Å². The lowest BCUT2D eigenvalue weighted by molar-refractivity contribution is 0.242. The van der Waals surface area contributed by atoms with Gasteiger partial charge in [0.25, 0.3) is 0 Å². The van der Waals surface area contributed by atoms with Gasteiger partial charge in [-0.2, -0.15) is 0 Å². The molecule has 0 saturated carbocycles. The third kappa shape index (κ3) is 2.89. The van der Waals surface area contributed by atoms with Gasteiger partial charge in [0.1, 0.15) is 5.00 Å². The van der Waals surface area contributed by atoms with Gasteiger partial charge < -0.3 is 15.2 Å². The first-order valence-electron chi connectivity index (χ1n) is 7.67. The molecule has 0 unspecified atom stereocenters. The van der Waals surface area contributed by atoms with Gasteiger partial charge in [-0.1, -0.05) is 6.92 Å². The van der Waals surface area contributed by atoms with Gasteiger partial charge in [-0.15, -0.1) is 11.3 Å². The van der Waals surface area contributed by atoms with Crippen molar-refractivity contribution >= 4 is 17.4 Å². The highest BCUT2D eigenvalue weighted by atomic mass is 32.1. The highest BCUT2D eigenvalue weighted by Crippen LogP contribution is 2.35. The van der Waals surface area contributed by atoms with Gasteiger partial charge in [-0.05, 0) is 30.7 Å². The zero-order valence-electron chi connectivity index (χ0n) is 13.1. The average molecular weight is 318 g/mol. The summed E-state index contributed by atoms with van der Waals surface area (Å²) >= 11 is 1.85. The van der Waals surface area contributed by atoms with E-state index in [1.54, 1.807) is 7.05 Å². The van der Waals surface area contributed by atoms with Crippen LogP contribution >= 0.6 is 11.3 Å². The van der Waals surface area contributed by atoms with E-state index in [-0.39, 0.29) is 6.03 Å². The minimum atomic E-state index is -0.135. The van der Waals surface area contributed by atoms with Crippen LogP contribution in [0.25, 0.3) is 5.00 Å². The summed E-state index contributed by atoms with van der Waals surface area (Å²) in [4.78, 5) is 15.4. The number of aromatic nitrogens is 1. The molecular formula is C16H22N4OS. The molecule has 0 bridgehead atoms. The molecule has 2 aromatic heterocycles. The molecule has 3 rings (SSSR count). The van der Waals surface area contributed by atoms with E-state index in [9.17, 15) is 4.79 Å². The van der Waals surface area contributed by atoms with Gasteiger partial charge in [0, 0.05) is 49.5 Å². The second-order valence-corrected chi connectivity index (χ2v) is 6.51. The van der Waals surface area contributed by atoms with Gasteiger partial charge in [0.15, 0.2) is 0 Å². The number of likely N-dealkylation sites (N-methyl/N-ethyl adjacent to an activating group) is 1. The summed E-state index contributed by atoms with van der Waals surface area (Å²) in [5.41, 5.74) is 2.69. The van der Waals surface area contributed by atoms with E-state index in [0.717, 1.165) is 26.1 Å². The Kier molecular flexibility index (Phi) is 4.49. The molecule has 0 radical (unpaired) electrons. The molecule has 118 valence electrons. The zero-order chi connectivity index (χ0) is 15.5. The summed E-state index contributed by atoms with van der Waals surface area (Å²) in [5, 5.41) is 6.78. The highest BCUT2D eigenvalue weighted by molar-refractivity contribution is 7.14. The second-order valence-electron chi connectivity index (χ2n) is 5.43. The summed E-state index contributed by atoms with van der Waals surface area (Å²) in [7, 11) is 1.64. The minimum absolute atomic E-state index is 0.135. The lowest BCUT2D eigenvalue weighted by Crippen LogP contribution is -2.33. The van der Waals surface area contributed by atoms with Crippen molar-refractivity contribution in [2.45, 2.75) is 26.4 Å². The summed E-state index contributed by atoms with van der Waals surface area (Å²) in [5.74, 6) is 0. The molecule has 0 spiro atoms. The Labute approximate surface area is 134 Å². The number of carbonyl (C=O) groups is 1. The largest absolute Gasteiger partial charge is 0.341 e. The Morgan fingerprint density at radius 2 is 2.14 bits per heavy atom. The first-order valence-corrected chi connectivity index (χ1v) is 8.49. The fraction of sp³-hybridized carbons (Fsp3) is 0.438. The average Bonchev–Trinajstić information content (AvgIpc) is 3.19. The van der Waals surface area contributed by atoms with E-state index in [2.05, 4.69) is 39.4 Å². The highest BCUT2D eigenvalue weighted by Gasteiger charge is 2.24. The normalized spacial score (nSPS) is 14.6. The molecule has 5 nitrogen and oxygen atoms in total. The molecule has 1 aliphatic heterocycles. The molecule has 2 amide bonds. The topological polar surface area (TPSA) is 49.3 Å². The molecule has 6 heteroatoms. The van der Waals surface area contributed by atoms with E-state index >= 15 is 0 Å². The van der Waals surface area contributed by atoms with Crippen LogP contribution in [-0.2, 0) is 19.5 Å². The zero-order valence-corrected chi connectivity index (χ0v) is 13.9. The number of hydrogen-bond acceptors (Lipinski definition) is 3. The fourth-order valence-corrected chi connectivity index (χ4v) is 4.27. The lowest BCUT2D eigenvalue weighted by Gasteiger charge is -2.25. The number of nitrogens with zero attached hydrogens (tertiary/aromatic N) is 2. The van der Waals surface area contributed by atoms with Gasteiger partial charge >= 0.3 is 6.03 Å². The van der Waals surface area contributed by atoms with Crippen LogP contribution in [-0.4, -0.2) is 35.6 Å². The van der Waals surface area contributed by atoms with Crippen LogP contribution in [0.2, 0.25) is 0 Å². The van der Waals surface area contributed by atoms with Crippen molar-refractivity contribution in [2.24, 2.45) is 0 Å². The number of nitrogens with one attached hydrogen (secondary N) is 2. The summed E-state index contributed by atoms with van der Waals surface area (Å²) in [6, 6.07) is 3.93. The number of hydrogen-bond donors (Lipinski definition) is 2. The predicted octanol–water partition coefficient (Wildman–Crippen LogP) is 2.35.